The van der Waals surface area contributed by atoms with E-state index in [0.717, 1.165) is 6.07 Å². The van der Waals surface area contributed by atoms with Crippen LogP contribution in [0.5, 0.6) is 0 Å². The number of halogens is 4. The number of benzene rings is 2. The van der Waals surface area contributed by atoms with Gasteiger partial charge in [0.25, 0.3) is 0 Å². The van der Waals surface area contributed by atoms with E-state index >= 15 is 0 Å². The highest BCUT2D eigenvalue weighted by atomic mass is 35.5. The van der Waals surface area contributed by atoms with E-state index in [2.05, 4.69) is 4.98 Å². The van der Waals surface area contributed by atoms with Gasteiger partial charge in [-0.25, -0.2) is 18.2 Å². The molecule has 108 valence electrons. The van der Waals surface area contributed by atoms with Crippen LogP contribution >= 0.6 is 11.6 Å². The van der Waals surface area contributed by atoms with Crippen molar-refractivity contribution in [1.29, 1.82) is 0 Å². The summed E-state index contributed by atoms with van der Waals surface area (Å²) in [4.78, 5) is 4.19. The number of fused-ring (bicyclic) bond motifs is 1. The third-order valence-electron chi connectivity index (χ3n) is 3.29. The molecule has 0 fully saturated rings. The molecule has 3 rings (SSSR count). The fourth-order valence-electron chi connectivity index (χ4n) is 2.28. The minimum atomic E-state index is -0.756. The van der Waals surface area contributed by atoms with Crippen LogP contribution in [0.2, 0.25) is 0 Å². The number of aromatic nitrogens is 2. The zero-order valence-electron chi connectivity index (χ0n) is 11.0. The highest BCUT2D eigenvalue weighted by molar-refractivity contribution is 6.17. The molecule has 0 radical (unpaired) electrons. The fraction of sp³-hybridized carbons (Fsp3) is 0.133. The predicted molar refractivity (Wildman–Crippen MR) is 75.2 cm³/mol. The summed E-state index contributed by atoms with van der Waals surface area (Å²) >= 11 is 5.82. The number of aryl methyl sites for hydroxylation is 1. The Bertz CT molecular complexity index is 843. The Balaban J connectivity index is 2.44. The first-order valence-corrected chi connectivity index (χ1v) is 6.74. The molecule has 0 amide bonds. The van der Waals surface area contributed by atoms with Crippen LogP contribution in [0.3, 0.4) is 0 Å². The van der Waals surface area contributed by atoms with Gasteiger partial charge in [0.1, 0.15) is 23.1 Å². The lowest BCUT2D eigenvalue weighted by molar-refractivity contribution is 0.563. The Hall–Kier alpha value is -2.01. The minimum absolute atomic E-state index is 0.0525. The van der Waals surface area contributed by atoms with Crippen molar-refractivity contribution in [3.8, 4) is 5.69 Å². The van der Waals surface area contributed by atoms with E-state index in [0.29, 0.717) is 5.52 Å². The monoisotopic (exact) mass is 310 g/mol. The van der Waals surface area contributed by atoms with E-state index in [9.17, 15) is 13.2 Å². The van der Waals surface area contributed by atoms with Crippen molar-refractivity contribution in [1.82, 2.24) is 9.55 Å². The van der Waals surface area contributed by atoms with Crippen molar-refractivity contribution in [3.63, 3.8) is 0 Å². The van der Waals surface area contributed by atoms with Gasteiger partial charge in [-0.2, -0.15) is 0 Å². The molecule has 6 heteroatoms. The van der Waals surface area contributed by atoms with Crippen molar-refractivity contribution in [3.05, 3.63) is 59.2 Å². The van der Waals surface area contributed by atoms with Crippen molar-refractivity contribution in [2.45, 2.75) is 12.8 Å². The Morgan fingerprint density at radius 1 is 1.14 bits per heavy atom. The first-order chi connectivity index (χ1) is 10.0. The first kappa shape index (κ1) is 13.9. The molecule has 0 saturated carbocycles. The third-order valence-corrected chi connectivity index (χ3v) is 3.53. The van der Waals surface area contributed by atoms with Crippen LogP contribution in [0.4, 0.5) is 13.2 Å². The molecule has 0 bridgehead atoms. The first-order valence-electron chi connectivity index (χ1n) is 6.20. The molecule has 0 atom stereocenters. The van der Waals surface area contributed by atoms with Crippen LogP contribution in [0.25, 0.3) is 16.7 Å². The molecule has 0 saturated heterocycles. The summed E-state index contributed by atoms with van der Waals surface area (Å²) in [5.41, 5.74) is 0.685. The SMILES string of the molecule is Cc1ccc(F)c(-n2c(CCl)nc3ccc(F)cc32)c1F. The maximum Gasteiger partial charge on any atom is 0.153 e. The number of alkyl halides is 1. The van der Waals surface area contributed by atoms with E-state index in [1.165, 1.54) is 35.8 Å². The molecule has 1 aromatic heterocycles. The quantitative estimate of drug-likeness (QED) is 0.638. The maximum absolute atomic E-state index is 14.3. The summed E-state index contributed by atoms with van der Waals surface area (Å²) in [6.07, 6.45) is 0. The molecule has 21 heavy (non-hydrogen) atoms. The Morgan fingerprint density at radius 2 is 1.90 bits per heavy atom. The smallest absolute Gasteiger partial charge is 0.153 e. The molecular formula is C15H10ClF3N2. The van der Waals surface area contributed by atoms with Gasteiger partial charge in [0.2, 0.25) is 0 Å². The standard InChI is InChI=1S/C15H10ClF3N2/c1-8-2-4-10(18)15(14(8)19)21-12-6-9(17)3-5-11(12)20-13(21)7-16/h2-6H,7H2,1H3. The number of nitrogens with zero attached hydrogens (tertiary/aromatic N) is 2. The van der Waals surface area contributed by atoms with Gasteiger partial charge in [-0.1, -0.05) is 6.07 Å². The Labute approximate surface area is 123 Å². The maximum atomic E-state index is 14.3. The highest BCUT2D eigenvalue weighted by Crippen LogP contribution is 2.28. The van der Waals surface area contributed by atoms with Crippen molar-refractivity contribution in [2.75, 3.05) is 0 Å². The summed E-state index contributed by atoms with van der Waals surface area (Å²) in [6, 6.07) is 6.37. The van der Waals surface area contributed by atoms with Gasteiger partial charge in [-0.15, -0.1) is 11.6 Å². The summed E-state index contributed by atoms with van der Waals surface area (Å²) in [5, 5.41) is 0. The van der Waals surface area contributed by atoms with E-state index in [4.69, 9.17) is 11.6 Å². The van der Waals surface area contributed by atoms with Crippen molar-refractivity contribution in [2.24, 2.45) is 0 Å². The molecule has 0 aliphatic rings. The molecule has 0 N–H and O–H groups in total. The molecule has 1 heterocycles. The van der Waals surface area contributed by atoms with Gasteiger partial charge >= 0.3 is 0 Å². The van der Waals surface area contributed by atoms with E-state index < -0.39 is 17.5 Å². The van der Waals surface area contributed by atoms with E-state index in [1.54, 1.807) is 0 Å². The lowest BCUT2D eigenvalue weighted by atomic mass is 10.2. The highest BCUT2D eigenvalue weighted by Gasteiger charge is 2.20. The summed E-state index contributed by atoms with van der Waals surface area (Å²) in [6.45, 7) is 1.53. The molecule has 2 nitrogen and oxygen atoms in total. The van der Waals surface area contributed by atoms with Gasteiger partial charge in [0, 0.05) is 6.07 Å². The van der Waals surface area contributed by atoms with Crippen molar-refractivity contribution >= 4 is 22.6 Å². The molecule has 0 aliphatic heterocycles. The predicted octanol–water partition coefficient (Wildman–Crippen LogP) is 4.49. The number of hydrogen-bond acceptors (Lipinski definition) is 1. The third kappa shape index (κ3) is 2.17. The minimum Gasteiger partial charge on any atom is -0.290 e. The zero-order chi connectivity index (χ0) is 15.1. The Morgan fingerprint density at radius 3 is 2.62 bits per heavy atom. The molecule has 2 aromatic carbocycles. The molecule has 3 aromatic rings. The number of hydrogen-bond donors (Lipinski definition) is 0. The van der Waals surface area contributed by atoms with Gasteiger partial charge in [-0.05, 0) is 30.7 Å². The lowest BCUT2D eigenvalue weighted by Crippen LogP contribution is -2.06. The average Bonchev–Trinajstić information content (AvgIpc) is 2.81. The van der Waals surface area contributed by atoms with Crippen LogP contribution in [-0.2, 0) is 5.88 Å². The number of imidazole rings is 1. The second-order valence-corrected chi connectivity index (χ2v) is 4.92. The average molecular weight is 311 g/mol. The van der Waals surface area contributed by atoms with Gasteiger partial charge in [-0.3, -0.25) is 4.57 Å². The summed E-state index contributed by atoms with van der Waals surface area (Å²) < 4.78 is 43.1. The van der Waals surface area contributed by atoms with Gasteiger partial charge in [0.05, 0.1) is 16.9 Å². The van der Waals surface area contributed by atoms with Crippen LogP contribution in [0.1, 0.15) is 11.4 Å². The van der Waals surface area contributed by atoms with Crippen LogP contribution in [0, 0.1) is 24.4 Å². The topological polar surface area (TPSA) is 17.8 Å². The molecule has 0 spiro atoms. The van der Waals surface area contributed by atoms with Crippen molar-refractivity contribution < 1.29 is 13.2 Å². The summed E-state index contributed by atoms with van der Waals surface area (Å²) in [7, 11) is 0. The molecule has 0 aliphatic carbocycles. The van der Waals surface area contributed by atoms with Gasteiger partial charge < -0.3 is 0 Å². The van der Waals surface area contributed by atoms with Gasteiger partial charge in [0.15, 0.2) is 5.82 Å². The van der Waals surface area contributed by atoms with Crippen LogP contribution in [-0.4, -0.2) is 9.55 Å². The van der Waals surface area contributed by atoms with E-state index in [1.807, 2.05) is 0 Å². The number of rotatable bonds is 2. The lowest BCUT2D eigenvalue weighted by Gasteiger charge is -2.11. The summed E-state index contributed by atoms with van der Waals surface area (Å²) in [5.74, 6) is -1.79. The van der Waals surface area contributed by atoms with Crippen LogP contribution in [0.15, 0.2) is 30.3 Å². The second kappa shape index (κ2) is 5.07. The normalized spacial score (nSPS) is 11.3. The fourth-order valence-corrected chi connectivity index (χ4v) is 2.46. The molecular weight excluding hydrogens is 301 g/mol. The Kier molecular flexibility index (Phi) is 3.37. The second-order valence-electron chi connectivity index (χ2n) is 4.66. The van der Waals surface area contributed by atoms with Crippen LogP contribution < -0.4 is 0 Å². The zero-order valence-corrected chi connectivity index (χ0v) is 11.8. The largest absolute Gasteiger partial charge is 0.290 e. The van der Waals surface area contributed by atoms with E-state index in [-0.39, 0.29) is 28.5 Å². The molecule has 0 unspecified atom stereocenters.